The highest BCUT2D eigenvalue weighted by Gasteiger charge is 2.34. The summed E-state index contributed by atoms with van der Waals surface area (Å²) >= 11 is 0. The molecule has 2 N–H and O–H groups in total. The van der Waals surface area contributed by atoms with Crippen molar-refractivity contribution in [3.8, 4) is 11.1 Å². The first-order chi connectivity index (χ1) is 11.9. The maximum atomic E-state index is 3.81. The van der Waals surface area contributed by atoms with Crippen molar-refractivity contribution in [2.45, 2.75) is 57.9 Å². The second kappa shape index (κ2) is 6.17. The summed E-state index contributed by atoms with van der Waals surface area (Å²) < 4.78 is 0. The van der Waals surface area contributed by atoms with Crippen LogP contribution in [0.4, 0.5) is 5.69 Å². The summed E-state index contributed by atoms with van der Waals surface area (Å²) in [5.41, 5.74) is 8.64. The van der Waals surface area contributed by atoms with Gasteiger partial charge in [-0.05, 0) is 66.6 Å². The number of hydrogen-bond acceptors (Lipinski definition) is 2. The summed E-state index contributed by atoms with van der Waals surface area (Å²) in [7, 11) is 0. The third kappa shape index (κ3) is 3.08. The molecule has 25 heavy (non-hydrogen) atoms. The number of fused-ring (bicyclic) bond motifs is 3. The van der Waals surface area contributed by atoms with E-state index in [1.807, 2.05) is 0 Å². The standard InChI is InChI=1S/C23H30N2/c1-15-12-16(14-17(13-15)23(2,3)4)18-6-5-7-21-22(18)19-8-10-24-11-9-20(19)25-21/h5-7,12-14,19-20,24-25H,8-11H2,1-4H3/t19-,20+/m1/s1. The van der Waals surface area contributed by atoms with Gasteiger partial charge in [-0.2, -0.15) is 0 Å². The molecule has 0 saturated carbocycles. The second-order valence-corrected chi connectivity index (χ2v) is 8.79. The van der Waals surface area contributed by atoms with Crippen LogP contribution in [0.1, 0.15) is 56.2 Å². The lowest BCUT2D eigenvalue weighted by Crippen LogP contribution is -2.21. The van der Waals surface area contributed by atoms with Crippen LogP contribution >= 0.6 is 0 Å². The van der Waals surface area contributed by atoms with Crippen LogP contribution < -0.4 is 10.6 Å². The number of rotatable bonds is 1. The summed E-state index contributed by atoms with van der Waals surface area (Å²) in [6.07, 6.45) is 2.43. The summed E-state index contributed by atoms with van der Waals surface area (Å²) in [6.45, 7) is 11.4. The summed E-state index contributed by atoms with van der Waals surface area (Å²) in [5.74, 6) is 0.625. The van der Waals surface area contributed by atoms with Crippen molar-refractivity contribution in [1.82, 2.24) is 5.32 Å². The Balaban J connectivity index is 1.84. The van der Waals surface area contributed by atoms with Gasteiger partial charge in [-0.15, -0.1) is 0 Å². The van der Waals surface area contributed by atoms with Crippen LogP contribution in [-0.2, 0) is 5.41 Å². The third-order valence-corrected chi connectivity index (χ3v) is 5.82. The van der Waals surface area contributed by atoms with Crippen LogP contribution in [0.3, 0.4) is 0 Å². The molecule has 2 nitrogen and oxygen atoms in total. The molecule has 2 aliphatic rings. The molecule has 1 fully saturated rings. The van der Waals surface area contributed by atoms with Gasteiger partial charge < -0.3 is 10.6 Å². The van der Waals surface area contributed by atoms with Crippen molar-refractivity contribution in [1.29, 1.82) is 0 Å². The molecule has 0 aliphatic carbocycles. The van der Waals surface area contributed by atoms with Crippen LogP contribution in [-0.4, -0.2) is 19.1 Å². The Kier molecular flexibility index (Phi) is 4.11. The lowest BCUT2D eigenvalue weighted by Gasteiger charge is -2.22. The first kappa shape index (κ1) is 16.7. The predicted octanol–water partition coefficient (Wildman–Crippen LogP) is 5.22. The molecule has 0 bridgehead atoms. The zero-order chi connectivity index (χ0) is 17.6. The molecule has 2 aliphatic heterocycles. The van der Waals surface area contributed by atoms with E-state index in [1.54, 1.807) is 5.56 Å². The molecule has 2 aromatic carbocycles. The van der Waals surface area contributed by atoms with E-state index in [0.29, 0.717) is 12.0 Å². The average Bonchev–Trinajstić information content (AvgIpc) is 2.75. The van der Waals surface area contributed by atoms with Gasteiger partial charge in [0, 0.05) is 17.6 Å². The minimum Gasteiger partial charge on any atom is -0.381 e. The zero-order valence-electron chi connectivity index (χ0n) is 15.9. The first-order valence-electron chi connectivity index (χ1n) is 9.66. The lowest BCUT2D eigenvalue weighted by molar-refractivity contribution is 0.579. The molecule has 0 amide bonds. The quantitative estimate of drug-likeness (QED) is 0.747. The van der Waals surface area contributed by atoms with E-state index in [1.165, 1.54) is 40.8 Å². The molecule has 132 valence electrons. The van der Waals surface area contributed by atoms with Gasteiger partial charge in [0.25, 0.3) is 0 Å². The minimum atomic E-state index is 0.172. The van der Waals surface area contributed by atoms with E-state index in [2.05, 4.69) is 74.7 Å². The molecule has 2 aromatic rings. The van der Waals surface area contributed by atoms with Gasteiger partial charge in [-0.1, -0.05) is 56.7 Å². The van der Waals surface area contributed by atoms with Crippen LogP contribution in [0.25, 0.3) is 11.1 Å². The Hall–Kier alpha value is -1.80. The van der Waals surface area contributed by atoms with Gasteiger partial charge in [-0.3, -0.25) is 0 Å². The van der Waals surface area contributed by atoms with E-state index >= 15 is 0 Å². The number of aryl methyl sites for hydroxylation is 1. The molecule has 4 rings (SSSR count). The molecule has 1 saturated heterocycles. The maximum Gasteiger partial charge on any atom is 0.0384 e. The number of nitrogens with one attached hydrogen (secondary N) is 2. The van der Waals surface area contributed by atoms with Gasteiger partial charge in [0.15, 0.2) is 0 Å². The Bertz CT molecular complexity index is 785. The van der Waals surface area contributed by atoms with Crippen molar-refractivity contribution in [3.05, 3.63) is 53.1 Å². The van der Waals surface area contributed by atoms with Crippen molar-refractivity contribution < 1.29 is 0 Å². The predicted molar refractivity (Wildman–Crippen MR) is 108 cm³/mol. The van der Waals surface area contributed by atoms with Crippen molar-refractivity contribution in [2.24, 2.45) is 0 Å². The van der Waals surface area contributed by atoms with Gasteiger partial charge in [0.1, 0.15) is 0 Å². The fourth-order valence-electron chi connectivity index (χ4n) is 4.47. The molecule has 0 aromatic heterocycles. The fraction of sp³-hybridized carbons (Fsp3) is 0.478. The Morgan fingerprint density at radius 1 is 1.00 bits per heavy atom. The van der Waals surface area contributed by atoms with Crippen LogP contribution in [0, 0.1) is 6.92 Å². The maximum absolute atomic E-state index is 3.81. The van der Waals surface area contributed by atoms with Crippen molar-refractivity contribution in [2.75, 3.05) is 18.4 Å². The molecule has 0 spiro atoms. The Labute approximate surface area is 152 Å². The summed E-state index contributed by atoms with van der Waals surface area (Å²) in [6, 6.07) is 14.5. The molecular weight excluding hydrogens is 304 g/mol. The fourth-order valence-corrected chi connectivity index (χ4v) is 4.47. The summed E-state index contributed by atoms with van der Waals surface area (Å²) in [4.78, 5) is 0. The highest BCUT2D eigenvalue weighted by atomic mass is 15.0. The van der Waals surface area contributed by atoms with Gasteiger partial charge in [-0.25, -0.2) is 0 Å². The van der Waals surface area contributed by atoms with Crippen LogP contribution in [0.5, 0.6) is 0 Å². The number of hydrogen-bond donors (Lipinski definition) is 2. The molecule has 2 atom stereocenters. The topological polar surface area (TPSA) is 24.1 Å². The highest BCUT2D eigenvalue weighted by Crippen LogP contribution is 2.45. The van der Waals surface area contributed by atoms with Gasteiger partial charge in [0.2, 0.25) is 0 Å². The van der Waals surface area contributed by atoms with E-state index in [9.17, 15) is 0 Å². The number of benzene rings is 2. The van der Waals surface area contributed by atoms with E-state index in [4.69, 9.17) is 0 Å². The minimum absolute atomic E-state index is 0.172. The molecular formula is C23H30N2. The monoisotopic (exact) mass is 334 g/mol. The van der Waals surface area contributed by atoms with Gasteiger partial charge >= 0.3 is 0 Å². The van der Waals surface area contributed by atoms with E-state index in [0.717, 1.165) is 13.1 Å². The highest BCUT2D eigenvalue weighted by molar-refractivity contribution is 5.78. The van der Waals surface area contributed by atoms with Crippen molar-refractivity contribution >= 4 is 5.69 Å². The normalized spacial score (nSPS) is 22.7. The SMILES string of the molecule is Cc1cc(-c2cccc3c2[C@@H]2CCNCC[C@@H]2N3)cc(C(C)(C)C)c1. The number of anilines is 1. The first-order valence-corrected chi connectivity index (χ1v) is 9.66. The van der Waals surface area contributed by atoms with Crippen LogP contribution in [0.15, 0.2) is 36.4 Å². The smallest absolute Gasteiger partial charge is 0.0384 e. The van der Waals surface area contributed by atoms with Crippen LogP contribution in [0.2, 0.25) is 0 Å². The third-order valence-electron chi connectivity index (χ3n) is 5.82. The molecule has 2 heterocycles. The molecule has 0 unspecified atom stereocenters. The van der Waals surface area contributed by atoms with Crippen molar-refractivity contribution in [3.63, 3.8) is 0 Å². The summed E-state index contributed by atoms with van der Waals surface area (Å²) in [5, 5.41) is 7.37. The lowest BCUT2D eigenvalue weighted by atomic mass is 9.82. The second-order valence-electron chi connectivity index (χ2n) is 8.79. The Morgan fingerprint density at radius 2 is 1.80 bits per heavy atom. The average molecular weight is 335 g/mol. The van der Waals surface area contributed by atoms with E-state index < -0.39 is 0 Å². The molecule has 2 heteroatoms. The Morgan fingerprint density at radius 3 is 2.60 bits per heavy atom. The molecule has 0 radical (unpaired) electrons. The van der Waals surface area contributed by atoms with E-state index in [-0.39, 0.29) is 5.41 Å². The largest absolute Gasteiger partial charge is 0.381 e. The zero-order valence-corrected chi connectivity index (χ0v) is 15.9. The van der Waals surface area contributed by atoms with Gasteiger partial charge in [0.05, 0.1) is 0 Å².